The molecule has 0 saturated carbocycles. The van der Waals surface area contributed by atoms with Crippen LogP contribution in [0, 0.1) is 11.8 Å². The fraction of sp³-hybridized carbons (Fsp3) is 0.352. The maximum absolute atomic E-state index is 13.5. The van der Waals surface area contributed by atoms with Gasteiger partial charge in [-0.3, -0.25) is 24.2 Å². The Hall–Kier alpha value is -6.79. The highest BCUT2D eigenvalue weighted by atomic mass is 16.4. The van der Waals surface area contributed by atoms with Crippen molar-refractivity contribution in [3.05, 3.63) is 149 Å². The van der Waals surface area contributed by atoms with Gasteiger partial charge in [0.05, 0.1) is 11.4 Å². The summed E-state index contributed by atoms with van der Waals surface area (Å²) in [5, 5.41) is 20.2. The van der Waals surface area contributed by atoms with Crippen molar-refractivity contribution in [1.29, 1.82) is 0 Å². The highest BCUT2D eigenvalue weighted by molar-refractivity contribution is 6.07. The number of carbonyl (C=O) groups excluding carboxylic acids is 3. The molecule has 0 radical (unpaired) electrons. The van der Waals surface area contributed by atoms with Crippen LogP contribution in [0.2, 0.25) is 0 Å². The summed E-state index contributed by atoms with van der Waals surface area (Å²) >= 11 is 0. The standard InChI is InChI=1S/C33H32N6O3.C10H12.C6H12O2.C5H12O/c1-3-38(4-2)24-11-12-28(27(19-24)29-18-22(31(34)40)13-15-36-29)37-33(42)23-8-5-7-21(17-23)20-39-16-14-25-26(32(35)41)9-6-10-30(25)39;1-2-6-10-8-4-3-7-9(10)5-1;1-5(2)3-4-6(7)8;1-5(2)3-4-6/h5-19H,3-4,20H2,1-2H3,(H2,34,40)(H2,35,41)(H,37,42);1-2,5-6H,3-4,7-8H2;5H,3-4H2,1-2H3,(H,7,8);5-6H,3-4H2,1-2H3. The highest BCUT2D eigenvalue weighted by Crippen LogP contribution is 2.32. The molecular formula is C54H68N6O6. The average molecular weight is 897 g/mol. The van der Waals surface area contributed by atoms with Gasteiger partial charge < -0.3 is 36.5 Å². The van der Waals surface area contributed by atoms with Crippen LogP contribution in [0.1, 0.15) is 121 Å². The lowest BCUT2D eigenvalue weighted by Crippen LogP contribution is -2.22. The first-order valence-electron chi connectivity index (χ1n) is 23.0. The number of rotatable bonds is 15. The molecule has 0 fully saturated rings. The van der Waals surface area contributed by atoms with Gasteiger partial charge in [0.25, 0.3) is 5.91 Å². The molecule has 3 amide bonds. The van der Waals surface area contributed by atoms with Crippen molar-refractivity contribution >= 4 is 46.0 Å². The molecule has 12 heteroatoms. The molecule has 7 N–H and O–H groups in total. The Morgan fingerprint density at radius 1 is 0.758 bits per heavy atom. The third kappa shape index (κ3) is 15.7. The number of nitrogens with one attached hydrogen (secondary N) is 1. The predicted molar refractivity (Wildman–Crippen MR) is 267 cm³/mol. The Kier molecular flexibility index (Phi) is 20.6. The van der Waals surface area contributed by atoms with E-state index in [4.69, 9.17) is 21.7 Å². The van der Waals surface area contributed by atoms with Gasteiger partial charge in [-0.1, -0.05) is 70.2 Å². The van der Waals surface area contributed by atoms with Crippen LogP contribution in [0.15, 0.2) is 116 Å². The molecule has 0 atom stereocenters. The van der Waals surface area contributed by atoms with Gasteiger partial charge in [0.1, 0.15) is 0 Å². The largest absolute Gasteiger partial charge is 0.481 e. The maximum Gasteiger partial charge on any atom is 0.303 e. The molecular weight excluding hydrogens is 829 g/mol. The van der Waals surface area contributed by atoms with Crippen LogP contribution < -0.4 is 21.7 Å². The van der Waals surface area contributed by atoms with E-state index >= 15 is 0 Å². The lowest BCUT2D eigenvalue weighted by Gasteiger charge is -2.23. The molecule has 2 aromatic heterocycles. The van der Waals surface area contributed by atoms with E-state index in [9.17, 15) is 19.2 Å². The Morgan fingerprint density at radius 3 is 1.98 bits per heavy atom. The van der Waals surface area contributed by atoms with Crippen LogP contribution in [0.4, 0.5) is 11.4 Å². The monoisotopic (exact) mass is 897 g/mol. The topological polar surface area (TPSA) is 194 Å². The molecule has 1 aliphatic rings. The van der Waals surface area contributed by atoms with E-state index in [-0.39, 0.29) is 5.91 Å². The zero-order chi connectivity index (χ0) is 48.2. The summed E-state index contributed by atoms with van der Waals surface area (Å²) in [4.78, 5) is 53.8. The second-order valence-electron chi connectivity index (χ2n) is 17.1. The zero-order valence-electron chi connectivity index (χ0n) is 39.4. The number of aromatic nitrogens is 2. The fourth-order valence-electron chi connectivity index (χ4n) is 7.49. The lowest BCUT2D eigenvalue weighted by molar-refractivity contribution is -0.137. The molecule has 350 valence electrons. The number of aliphatic hydroxyl groups excluding tert-OH is 1. The molecule has 0 unspecified atom stereocenters. The molecule has 4 aromatic carbocycles. The summed E-state index contributed by atoms with van der Waals surface area (Å²) < 4.78 is 2.01. The highest BCUT2D eigenvalue weighted by Gasteiger charge is 2.17. The maximum atomic E-state index is 13.5. The number of carboxylic acid groups (broad SMARTS) is 1. The van der Waals surface area contributed by atoms with Crippen molar-refractivity contribution in [3.63, 3.8) is 0 Å². The minimum Gasteiger partial charge on any atom is -0.481 e. The van der Waals surface area contributed by atoms with E-state index < -0.39 is 17.8 Å². The number of aliphatic carboxylic acids is 1. The van der Waals surface area contributed by atoms with Gasteiger partial charge in [0.2, 0.25) is 11.8 Å². The Labute approximate surface area is 390 Å². The minimum absolute atomic E-state index is 0.284. The number of aryl methyl sites for hydroxylation is 2. The third-order valence-electron chi connectivity index (χ3n) is 11.2. The number of primary amides is 2. The van der Waals surface area contributed by atoms with Gasteiger partial charge in [0.15, 0.2) is 0 Å². The zero-order valence-corrected chi connectivity index (χ0v) is 39.4. The number of nitrogens with zero attached hydrogens (tertiary/aromatic N) is 3. The molecule has 66 heavy (non-hydrogen) atoms. The van der Waals surface area contributed by atoms with Crippen molar-refractivity contribution in [1.82, 2.24) is 9.55 Å². The quantitative estimate of drug-likeness (QED) is 0.0672. The number of carbonyl (C=O) groups is 4. The number of amides is 3. The molecule has 1 aliphatic carbocycles. The lowest BCUT2D eigenvalue weighted by atomic mass is 9.92. The van der Waals surface area contributed by atoms with Gasteiger partial charge in [-0.2, -0.15) is 0 Å². The van der Waals surface area contributed by atoms with Gasteiger partial charge in [-0.05, 0) is 142 Å². The number of benzene rings is 4. The summed E-state index contributed by atoms with van der Waals surface area (Å²) in [6.45, 7) is 14.8. The molecule has 6 aromatic rings. The van der Waals surface area contributed by atoms with Crippen LogP contribution in [0.5, 0.6) is 0 Å². The summed E-state index contributed by atoms with van der Waals surface area (Å²) in [7, 11) is 0. The van der Waals surface area contributed by atoms with Crippen molar-refractivity contribution < 1.29 is 29.4 Å². The SMILES string of the molecule is CC(C)CCC(=O)O.CC(C)CCO.CCN(CC)c1ccc(NC(=O)c2cccc(Cn3ccc4c(C(N)=O)cccc43)c2)c(-c2cc(C(N)=O)ccn2)c1.c1ccc2c(c1)CCCC2. The van der Waals surface area contributed by atoms with Crippen LogP contribution >= 0.6 is 0 Å². The molecule has 0 aliphatic heterocycles. The van der Waals surface area contributed by atoms with Crippen molar-refractivity contribution in [2.45, 2.75) is 93.0 Å². The average Bonchev–Trinajstić information content (AvgIpc) is 3.72. The number of nitrogens with two attached hydrogens (primary N) is 2. The summed E-state index contributed by atoms with van der Waals surface area (Å²) in [6.07, 6.45) is 10.8. The van der Waals surface area contributed by atoms with Gasteiger partial charge in [-0.25, -0.2) is 0 Å². The van der Waals surface area contributed by atoms with Gasteiger partial charge >= 0.3 is 5.97 Å². The summed E-state index contributed by atoms with van der Waals surface area (Å²) in [6, 6.07) is 32.5. The van der Waals surface area contributed by atoms with Crippen LogP contribution in [-0.2, 0) is 24.2 Å². The third-order valence-corrected chi connectivity index (χ3v) is 11.2. The molecule has 2 heterocycles. The molecule has 0 bridgehead atoms. The van der Waals surface area contributed by atoms with E-state index in [1.54, 1.807) is 41.5 Å². The van der Waals surface area contributed by atoms with Crippen LogP contribution in [0.3, 0.4) is 0 Å². The fourth-order valence-corrected chi connectivity index (χ4v) is 7.49. The van der Waals surface area contributed by atoms with Crippen LogP contribution in [-0.4, -0.2) is 63.2 Å². The summed E-state index contributed by atoms with van der Waals surface area (Å²) in [5.74, 6) is -0.853. The Bertz CT molecular complexity index is 2500. The van der Waals surface area contributed by atoms with Crippen molar-refractivity contribution in [3.8, 4) is 11.3 Å². The van der Waals surface area contributed by atoms with E-state index in [1.807, 2.05) is 73.1 Å². The van der Waals surface area contributed by atoms with E-state index in [1.165, 1.54) is 31.9 Å². The van der Waals surface area contributed by atoms with E-state index in [0.29, 0.717) is 65.0 Å². The molecule has 7 rings (SSSR count). The molecule has 0 spiro atoms. The Morgan fingerprint density at radius 2 is 1.42 bits per heavy atom. The van der Waals surface area contributed by atoms with E-state index in [0.717, 1.165) is 48.1 Å². The normalized spacial score (nSPS) is 11.5. The number of hydrogen-bond acceptors (Lipinski definition) is 7. The second kappa shape index (κ2) is 26.2. The molecule has 12 nitrogen and oxygen atoms in total. The predicted octanol–water partition coefficient (Wildman–Crippen LogP) is 10.1. The number of carboxylic acids is 1. The summed E-state index contributed by atoms with van der Waals surface area (Å²) in [5.41, 5.74) is 20.0. The Balaban J connectivity index is 0.000000320. The first-order valence-corrected chi connectivity index (χ1v) is 23.0. The first kappa shape index (κ1) is 51.8. The second-order valence-corrected chi connectivity index (χ2v) is 17.1. The van der Waals surface area contributed by atoms with Gasteiger partial charge in [-0.15, -0.1) is 0 Å². The van der Waals surface area contributed by atoms with Gasteiger partial charge in [0, 0.05) is 83.9 Å². The number of pyridine rings is 1. The number of anilines is 2. The number of aliphatic hydroxyl groups is 1. The van der Waals surface area contributed by atoms with Crippen LogP contribution in [0.25, 0.3) is 22.2 Å². The smallest absolute Gasteiger partial charge is 0.303 e. The number of hydrogen-bond donors (Lipinski definition) is 5. The van der Waals surface area contributed by atoms with Crippen molar-refractivity contribution in [2.75, 3.05) is 29.9 Å². The van der Waals surface area contributed by atoms with Crippen molar-refractivity contribution in [2.24, 2.45) is 23.3 Å². The van der Waals surface area contributed by atoms with E-state index in [2.05, 4.69) is 67.2 Å². The minimum atomic E-state index is -0.696. The molecule has 0 saturated heterocycles. The first-order chi connectivity index (χ1) is 31.6. The number of fused-ring (bicyclic) bond motifs is 2.